The van der Waals surface area contributed by atoms with Gasteiger partial charge in [-0.1, -0.05) is 6.07 Å². The van der Waals surface area contributed by atoms with E-state index in [1.807, 2.05) is 15.5 Å². The quantitative estimate of drug-likeness (QED) is 0.590. The van der Waals surface area contributed by atoms with Crippen molar-refractivity contribution in [3.8, 4) is 5.75 Å². The predicted octanol–water partition coefficient (Wildman–Crippen LogP) is 2.14. The highest BCUT2D eigenvalue weighted by atomic mass is 16.5. The van der Waals surface area contributed by atoms with Gasteiger partial charge in [0.2, 0.25) is 0 Å². The normalized spacial score (nSPS) is 20.9. The minimum absolute atomic E-state index is 0.0192. The van der Waals surface area contributed by atoms with E-state index in [2.05, 4.69) is 0 Å². The van der Waals surface area contributed by atoms with Crippen molar-refractivity contribution in [1.29, 1.82) is 0 Å². The van der Waals surface area contributed by atoms with Crippen LogP contribution in [-0.4, -0.2) is 56.4 Å². The van der Waals surface area contributed by atoms with E-state index in [-0.39, 0.29) is 23.9 Å². The van der Waals surface area contributed by atoms with E-state index in [0.29, 0.717) is 41.9 Å². The second-order valence-corrected chi connectivity index (χ2v) is 8.88. The predicted molar refractivity (Wildman–Crippen MR) is 120 cm³/mol. The molecule has 9 nitrogen and oxygen atoms in total. The highest BCUT2D eigenvalue weighted by molar-refractivity contribution is 5.91. The minimum atomic E-state index is -1.00. The topological polar surface area (TPSA) is 114 Å². The summed E-state index contributed by atoms with van der Waals surface area (Å²) in [5.74, 6) is -1.19. The Bertz CT molecular complexity index is 1310. The molecule has 2 bridgehead atoms. The largest absolute Gasteiger partial charge is 0.497 e. The van der Waals surface area contributed by atoms with Gasteiger partial charge in [0.1, 0.15) is 18.3 Å². The van der Waals surface area contributed by atoms with Gasteiger partial charge in [-0.3, -0.25) is 19.3 Å². The van der Waals surface area contributed by atoms with E-state index >= 15 is 0 Å². The number of pyridine rings is 1. The van der Waals surface area contributed by atoms with Crippen LogP contribution in [0.15, 0.2) is 47.4 Å². The van der Waals surface area contributed by atoms with Crippen molar-refractivity contribution in [2.75, 3.05) is 20.2 Å². The number of aliphatic carboxylic acids is 2. The number of hydrogen-bond acceptors (Lipinski definition) is 5. The molecule has 2 aromatic heterocycles. The number of rotatable bonds is 6. The van der Waals surface area contributed by atoms with E-state index in [9.17, 15) is 24.6 Å². The van der Waals surface area contributed by atoms with Crippen LogP contribution in [0.4, 0.5) is 0 Å². The Balaban J connectivity index is 1.58. The summed E-state index contributed by atoms with van der Waals surface area (Å²) in [6.07, 6.45) is 2.56. The second-order valence-electron chi connectivity index (χ2n) is 8.88. The van der Waals surface area contributed by atoms with E-state index in [0.717, 1.165) is 12.1 Å². The lowest BCUT2D eigenvalue weighted by Crippen LogP contribution is -2.49. The number of carboxylic acids is 2. The highest BCUT2D eigenvalue weighted by Crippen LogP contribution is 2.40. The molecule has 0 radical (unpaired) electrons. The maximum Gasteiger partial charge on any atom is 0.325 e. The molecule has 2 aliphatic heterocycles. The Morgan fingerprint density at radius 1 is 1.15 bits per heavy atom. The molecule has 172 valence electrons. The third kappa shape index (κ3) is 3.68. The van der Waals surface area contributed by atoms with Crippen molar-refractivity contribution in [2.24, 2.45) is 5.92 Å². The Kier molecular flexibility index (Phi) is 5.20. The first-order chi connectivity index (χ1) is 15.9. The molecule has 3 aromatic rings. The van der Waals surface area contributed by atoms with Gasteiger partial charge >= 0.3 is 11.9 Å². The van der Waals surface area contributed by atoms with Crippen LogP contribution < -0.4 is 10.3 Å². The van der Waals surface area contributed by atoms with E-state index in [1.54, 1.807) is 41.1 Å². The molecule has 3 unspecified atom stereocenters. The number of methoxy groups -OCH3 is 1. The van der Waals surface area contributed by atoms with Crippen LogP contribution in [0.5, 0.6) is 5.75 Å². The van der Waals surface area contributed by atoms with Crippen molar-refractivity contribution in [3.63, 3.8) is 0 Å². The second kappa shape index (κ2) is 8.08. The van der Waals surface area contributed by atoms with Crippen LogP contribution in [0.3, 0.4) is 0 Å². The maximum atomic E-state index is 12.6. The Morgan fingerprint density at radius 2 is 1.97 bits per heavy atom. The molecule has 0 saturated carbocycles. The van der Waals surface area contributed by atoms with Gasteiger partial charge in [0.25, 0.3) is 5.56 Å². The number of piperidine rings is 1. The lowest BCUT2D eigenvalue weighted by Gasteiger charge is -2.44. The van der Waals surface area contributed by atoms with Gasteiger partial charge in [0.15, 0.2) is 0 Å². The zero-order chi connectivity index (χ0) is 23.3. The molecule has 9 heteroatoms. The number of ether oxygens (including phenoxy) is 1. The number of benzene rings is 1. The summed E-state index contributed by atoms with van der Waals surface area (Å²) >= 11 is 0. The number of aromatic nitrogens is 2. The lowest BCUT2D eigenvalue weighted by atomic mass is 9.82. The van der Waals surface area contributed by atoms with Gasteiger partial charge in [-0.05, 0) is 36.6 Å². The highest BCUT2D eigenvalue weighted by Gasteiger charge is 2.40. The molecule has 33 heavy (non-hydrogen) atoms. The van der Waals surface area contributed by atoms with Crippen molar-refractivity contribution in [1.82, 2.24) is 14.0 Å². The molecule has 0 spiro atoms. The van der Waals surface area contributed by atoms with Crippen LogP contribution in [0, 0.1) is 5.92 Å². The number of hydrogen-bond donors (Lipinski definition) is 2. The molecule has 0 amide bonds. The maximum absolute atomic E-state index is 12.6. The average Bonchev–Trinajstić information content (AvgIpc) is 3.11. The third-order valence-electron chi connectivity index (χ3n) is 6.83. The number of nitrogens with zero attached hydrogens (tertiary/aromatic N) is 3. The van der Waals surface area contributed by atoms with Crippen molar-refractivity contribution in [3.05, 3.63) is 64.2 Å². The molecule has 1 aromatic carbocycles. The first kappa shape index (κ1) is 21.3. The van der Waals surface area contributed by atoms with Crippen LogP contribution in [0.1, 0.15) is 29.6 Å². The molecular weight excluding hydrogens is 426 g/mol. The first-order valence-corrected chi connectivity index (χ1v) is 10.9. The van der Waals surface area contributed by atoms with E-state index in [1.165, 1.54) is 7.11 Å². The van der Waals surface area contributed by atoms with Gasteiger partial charge < -0.3 is 24.1 Å². The number of likely N-dealkylation sites (tertiary alicyclic amines) is 1. The van der Waals surface area contributed by atoms with Gasteiger partial charge in [-0.25, -0.2) is 0 Å². The van der Waals surface area contributed by atoms with Gasteiger partial charge in [0.05, 0.1) is 7.11 Å². The SMILES string of the molecule is COc1ccc2c(c1)c(C(C(=O)O)N1CC3CC(C1)c1cccc(=O)n1C3)cn2CC(=O)O. The average molecular weight is 451 g/mol. The fourth-order valence-electron chi connectivity index (χ4n) is 5.56. The number of carboxylic acid groups (broad SMARTS) is 2. The standard InChI is InChI=1S/C24H25N3O6/c1-33-16-5-6-20-17(8-16)18(12-25(20)13-22(29)30)23(24(31)32)26-9-14-7-15(11-26)19-3-2-4-21(28)27(19)10-14/h2-6,8,12,14-15,23H,7,9-11,13H2,1H3,(H,29,30)(H,31,32). The van der Waals surface area contributed by atoms with Crippen LogP contribution in [0.25, 0.3) is 10.9 Å². The Morgan fingerprint density at radius 3 is 2.70 bits per heavy atom. The third-order valence-corrected chi connectivity index (χ3v) is 6.83. The zero-order valence-corrected chi connectivity index (χ0v) is 18.2. The summed E-state index contributed by atoms with van der Waals surface area (Å²) in [5, 5.41) is 20.3. The smallest absolute Gasteiger partial charge is 0.325 e. The van der Waals surface area contributed by atoms with E-state index in [4.69, 9.17) is 4.74 Å². The van der Waals surface area contributed by atoms with Crippen LogP contribution in [0.2, 0.25) is 0 Å². The number of fused-ring (bicyclic) bond motifs is 5. The fourth-order valence-corrected chi connectivity index (χ4v) is 5.56. The summed E-state index contributed by atoms with van der Waals surface area (Å²) in [7, 11) is 1.54. The van der Waals surface area contributed by atoms with Gasteiger partial charge in [-0.2, -0.15) is 0 Å². The Labute approximate surface area is 189 Å². The van der Waals surface area contributed by atoms with Gasteiger partial charge in [0, 0.05) is 60.0 Å². The molecule has 1 fully saturated rings. The Hall–Kier alpha value is -3.59. The van der Waals surface area contributed by atoms with E-state index < -0.39 is 18.0 Å². The van der Waals surface area contributed by atoms with Crippen LogP contribution in [-0.2, 0) is 22.7 Å². The van der Waals surface area contributed by atoms with Crippen LogP contribution >= 0.6 is 0 Å². The van der Waals surface area contributed by atoms with Crippen molar-refractivity contribution >= 4 is 22.8 Å². The first-order valence-electron chi connectivity index (χ1n) is 10.9. The fraction of sp³-hybridized carbons (Fsp3) is 0.375. The molecule has 5 rings (SSSR count). The van der Waals surface area contributed by atoms with Gasteiger partial charge in [-0.15, -0.1) is 0 Å². The summed E-state index contributed by atoms with van der Waals surface area (Å²) in [6, 6.07) is 9.58. The molecule has 2 N–H and O–H groups in total. The lowest BCUT2D eigenvalue weighted by molar-refractivity contribution is -0.144. The molecule has 2 aliphatic rings. The molecular formula is C24H25N3O6. The molecule has 3 atom stereocenters. The summed E-state index contributed by atoms with van der Waals surface area (Å²) in [6.45, 7) is 1.36. The minimum Gasteiger partial charge on any atom is -0.497 e. The van der Waals surface area contributed by atoms with Crippen molar-refractivity contribution in [2.45, 2.75) is 31.5 Å². The van der Waals surface area contributed by atoms with Crippen molar-refractivity contribution < 1.29 is 24.5 Å². The summed E-state index contributed by atoms with van der Waals surface area (Å²) in [5.41, 5.74) is 2.12. The molecule has 0 aliphatic carbocycles. The summed E-state index contributed by atoms with van der Waals surface area (Å²) in [4.78, 5) is 38.3. The summed E-state index contributed by atoms with van der Waals surface area (Å²) < 4.78 is 8.73. The molecule has 1 saturated heterocycles. The zero-order valence-electron chi connectivity index (χ0n) is 18.2. The molecule has 4 heterocycles. The monoisotopic (exact) mass is 451 g/mol. The number of carbonyl (C=O) groups is 2.